The first-order chi connectivity index (χ1) is 13.3. The molecule has 182 valence electrons. The third-order valence-corrected chi connectivity index (χ3v) is 18.5. The Hall–Kier alpha value is 0.628. The molecule has 30 heavy (non-hydrogen) atoms. The van der Waals surface area contributed by atoms with Gasteiger partial charge >= 0.3 is 17.1 Å². The van der Waals surface area contributed by atoms with Crippen molar-refractivity contribution in [3.05, 3.63) is 0 Å². The summed E-state index contributed by atoms with van der Waals surface area (Å²) in [6, 6.07) is 0.885. The number of hydrogen-bond acceptors (Lipinski definition) is 5. The minimum atomic E-state index is -2.37. The van der Waals surface area contributed by atoms with Gasteiger partial charge in [0.15, 0.2) is 16.6 Å². The van der Waals surface area contributed by atoms with Crippen LogP contribution in [0.4, 0.5) is 0 Å². The van der Waals surface area contributed by atoms with Crippen molar-refractivity contribution in [2.45, 2.75) is 91.3 Å². The zero-order chi connectivity index (χ0) is 23.9. The number of aliphatic hydroxyl groups excluding tert-OH is 1. The van der Waals surface area contributed by atoms with Gasteiger partial charge in [0.25, 0.3) is 0 Å². The summed E-state index contributed by atoms with van der Waals surface area (Å²) < 4.78 is 26.4. The fraction of sp³-hybridized carbons (Fsp3) is 1.00. The Morgan fingerprint density at radius 3 is 1.73 bits per heavy atom. The minimum Gasteiger partial charge on any atom is -0.437 e. The fourth-order valence-corrected chi connectivity index (χ4v) is 21.7. The molecular weight excluding hydrogens is 447 g/mol. The van der Waals surface area contributed by atoms with Gasteiger partial charge in [0.2, 0.25) is 0 Å². The van der Waals surface area contributed by atoms with Crippen LogP contribution >= 0.6 is 0 Å². The van der Waals surface area contributed by atoms with Crippen molar-refractivity contribution in [3.63, 3.8) is 0 Å². The zero-order valence-electron chi connectivity index (χ0n) is 22.1. The van der Waals surface area contributed by atoms with Gasteiger partial charge < -0.3 is 26.7 Å². The minimum absolute atomic E-state index is 0.390. The summed E-state index contributed by atoms with van der Waals surface area (Å²) in [7, 11) is -5.86. The molecule has 0 heterocycles. The number of rotatable bonds is 16. The quantitative estimate of drug-likeness (QED) is 0.189. The van der Waals surface area contributed by atoms with Crippen LogP contribution in [0.25, 0.3) is 0 Å². The number of hydrogen-bond donors (Lipinski definition) is 1. The van der Waals surface area contributed by atoms with Gasteiger partial charge in [0.1, 0.15) is 12.6 Å². The van der Waals surface area contributed by atoms with Gasteiger partial charge in [-0.3, -0.25) is 0 Å². The second kappa shape index (κ2) is 12.2. The fourth-order valence-electron chi connectivity index (χ4n) is 3.81. The molecular formula is C20H52NO5Si4+. The molecule has 0 aromatic heterocycles. The molecule has 1 N–H and O–H groups in total. The smallest absolute Gasteiger partial charge is 0.315 e. The van der Waals surface area contributed by atoms with Crippen molar-refractivity contribution < 1.29 is 26.7 Å². The van der Waals surface area contributed by atoms with Crippen LogP contribution in [-0.4, -0.2) is 89.3 Å². The Kier molecular flexibility index (Phi) is 12.4. The lowest BCUT2D eigenvalue weighted by Gasteiger charge is -2.41. The van der Waals surface area contributed by atoms with Gasteiger partial charge in [0, 0.05) is 6.61 Å². The standard InChI is InChI=1S/C20H52NO5Si4/c1-13-21(3,14-2)18-20(22)19-23-16-15-17-30(12,25-28(7,8)9)26-29(10,11)24-27(4,5)6/h20,22H,13-19H2,1-12H3/q+1. The first kappa shape index (κ1) is 30.6. The van der Waals surface area contributed by atoms with Crippen LogP contribution in [0.3, 0.4) is 0 Å². The molecule has 0 saturated carbocycles. The van der Waals surface area contributed by atoms with E-state index in [1.165, 1.54) is 0 Å². The predicted octanol–water partition coefficient (Wildman–Crippen LogP) is 4.73. The SMILES string of the molecule is CC[N+](C)(CC)CC(O)COCCC[Si](C)(O[Si](C)(C)C)O[Si](C)(C)O[Si](C)(C)C. The molecule has 0 rings (SSSR count). The number of likely N-dealkylation sites (N-methyl/N-ethyl adjacent to an activating group) is 1. The van der Waals surface area contributed by atoms with E-state index in [1.807, 2.05) is 0 Å². The second-order valence-electron chi connectivity index (χ2n) is 11.3. The van der Waals surface area contributed by atoms with Crippen LogP contribution in [0.15, 0.2) is 0 Å². The largest absolute Gasteiger partial charge is 0.437 e. The second-order valence-corrected chi connectivity index (χ2v) is 27.8. The maximum Gasteiger partial charge on any atom is 0.315 e. The van der Waals surface area contributed by atoms with E-state index >= 15 is 0 Å². The molecule has 0 aliphatic carbocycles. The maximum atomic E-state index is 10.3. The van der Waals surface area contributed by atoms with Crippen molar-refractivity contribution in [1.29, 1.82) is 0 Å². The lowest BCUT2D eigenvalue weighted by atomic mass is 10.3. The Morgan fingerprint density at radius 1 is 0.800 bits per heavy atom. The summed E-state index contributed by atoms with van der Waals surface area (Å²) >= 11 is 0. The van der Waals surface area contributed by atoms with Crippen molar-refractivity contribution in [3.8, 4) is 0 Å². The summed E-state index contributed by atoms with van der Waals surface area (Å²) in [4.78, 5) is 0. The van der Waals surface area contributed by atoms with Crippen LogP contribution in [0.2, 0.25) is 65.0 Å². The van der Waals surface area contributed by atoms with Crippen LogP contribution in [0.1, 0.15) is 20.3 Å². The van der Waals surface area contributed by atoms with E-state index in [4.69, 9.17) is 17.1 Å². The molecule has 0 amide bonds. The number of aliphatic hydroxyl groups is 1. The Labute approximate surface area is 191 Å². The maximum absolute atomic E-state index is 10.3. The molecule has 0 aromatic rings. The van der Waals surface area contributed by atoms with Crippen LogP contribution in [0, 0.1) is 0 Å². The van der Waals surface area contributed by atoms with Gasteiger partial charge in [0.05, 0.1) is 26.7 Å². The monoisotopic (exact) mass is 498 g/mol. The van der Waals surface area contributed by atoms with Gasteiger partial charge in [-0.15, -0.1) is 0 Å². The average molecular weight is 499 g/mol. The van der Waals surface area contributed by atoms with Crippen molar-refractivity contribution in [2.75, 3.05) is 39.9 Å². The summed E-state index contributed by atoms with van der Waals surface area (Å²) in [5, 5.41) is 10.3. The highest BCUT2D eigenvalue weighted by atomic mass is 28.5. The van der Waals surface area contributed by atoms with E-state index in [2.05, 4.69) is 79.8 Å². The zero-order valence-corrected chi connectivity index (χ0v) is 26.1. The number of ether oxygens (including phenoxy) is 1. The molecule has 0 saturated heterocycles. The van der Waals surface area contributed by atoms with E-state index in [1.54, 1.807) is 0 Å². The summed E-state index contributed by atoms with van der Waals surface area (Å²) in [5.41, 5.74) is 0. The topological polar surface area (TPSA) is 57.2 Å². The molecule has 10 heteroatoms. The predicted molar refractivity (Wildman–Crippen MR) is 137 cm³/mol. The third kappa shape index (κ3) is 14.6. The van der Waals surface area contributed by atoms with E-state index in [0.717, 1.165) is 36.6 Å². The van der Waals surface area contributed by atoms with Gasteiger partial charge in [-0.1, -0.05) is 0 Å². The molecule has 0 aromatic carbocycles. The normalized spacial score (nSPS) is 17.1. The molecule has 0 fully saturated rings. The Bertz CT molecular complexity index is 493. The number of nitrogens with zero attached hydrogens (tertiary/aromatic N) is 1. The highest BCUT2D eigenvalue weighted by Crippen LogP contribution is 2.27. The lowest BCUT2D eigenvalue weighted by Crippen LogP contribution is -2.56. The third-order valence-electron chi connectivity index (χ3n) is 4.94. The van der Waals surface area contributed by atoms with Gasteiger partial charge in [-0.05, 0) is 85.2 Å². The van der Waals surface area contributed by atoms with Crippen LogP contribution < -0.4 is 0 Å². The van der Waals surface area contributed by atoms with Gasteiger partial charge in [-0.25, -0.2) is 0 Å². The molecule has 0 spiro atoms. The summed E-state index contributed by atoms with van der Waals surface area (Å²) in [6.45, 7) is 27.9. The molecule has 0 radical (unpaired) electrons. The first-order valence-corrected chi connectivity index (χ1v) is 23.7. The molecule has 2 atom stereocenters. The van der Waals surface area contributed by atoms with Crippen LogP contribution in [-0.2, 0) is 17.1 Å². The van der Waals surface area contributed by atoms with Crippen molar-refractivity contribution in [1.82, 2.24) is 0 Å². The van der Waals surface area contributed by atoms with Crippen molar-refractivity contribution >= 4 is 33.8 Å². The van der Waals surface area contributed by atoms with E-state index in [0.29, 0.717) is 13.2 Å². The van der Waals surface area contributed by atoms with Gasteiger partial charge in [-0.2, -0.15) is 0 Å². The van der Waals surface area contributed by atoms with E-state index in [-0.39, 0.29) is 0 Å². The summed E-state index contributed by atoms with van der Waals surface area (Å²) in [6.07, 6.45) is 0.454. The molecule has 0 aliphatic heterocycles. The van der Waals surface area contributed by atoms with Crippen molar-refractivity contribution in [2.24, 2.45) is 0 Å². The number of quaternary nitrogens is 1. The highest BCUT2D eigenvalue weighted by molar-refractivity contribution is 6.89. The average Bonchev–Trinajstić information content (AvgIpc) is 2.49. The Balaban J connectivity index is 4.74. The molecule has 2 unspecified atom stereocenters. The summed E-state index contributed by atoms with van der Waals surface area (Å²) in [5.74, 6) is 0. The lowest BCUT2D eigenvalue weighted by molar-refractivity contribution is -0.909. The van der Waals surface area contributed by atoms with Crippen LogP contribution in [0.5, 0.6) is 0 Å². The molecule has 0 bridgehead atoms. The van der Waals surface area contributed by atoms with E-state index < -0.39 is 39.9 Å². The van der Waals surface area contributed by atoms with E-state index in [9.17, 15) is 5.11 Å². The first-order valence-electron chi connectivity index (χ1n) is 11.5. The highest BCUT2D eigenvalue weighted by Gasteiger charge is 2.44. The molecule has 0 aliphatic rings. The Morgan fingerprint density at radius 2 is 1.30 bits per heavy atom. The molecule has 6 nitrogen and oxygen atoms in total.